The minimum Gasteiger partial charge on any atom is -0.381 e. The SMILES string of the molecule is CCNC(=NCc1ccc(C#N)cc1)N(C)CCC1CCOCC1. The lowest BCUT2D eigenvalue weighted by atomic mass is 9.96. The highest BCUT2D eigenvalue weighted by atomic mass is 16.5. The highest BCUT2D eigenvalue weighted by Gasteiger charge is 2.15. The third-order valence-electron chi connectivity index (χ3n) is 4.40. The van der Waals surface area contributed by atoms with Gasteiger partial charge in [0.25, 0.3) is 0 Å². The van der Waals surface area contributed by atoms with Gasteiger partial charge in [-0.3, -0.25) is 0 Å². The van der Waals surface area contributed by atoms with Crippen molar-refractivity contribution in [2.45, 2.75) is 32.7 Å². The van der Waals surface area contributed by atoms with E-state index in [1.807, 2.05) is 24.3 Å². The Hall–Kier alpha value is -2.06. The van der Waals surface area contributed by atoms with Crippen LogP contribution >= 0.6 is 0 Å². The Labute approximate surface area is 145 Å². The van der Waals surface area contributed by atoms with E-state index in [0.29, 0.717) is 12.1 Å². The van der Waals surface area contributed by atoms with Crippen LogP contribution in [0.3, 0.4) is 0 Å². The maximum atomic E-state index is 8.85. The van der Waals surface area contributed by atoms with Crippen LogP contribution in [0.15, 0.2) is 29.3 Å². The van der Waals surface area contributed by atoms with E-state index in [1.54, 1.807) is 0 Å². The summed E-state index contributed by atoms with van der Waals surface area (Å²) >= 11 is 0. The summed E-state index contributed by atoms with van der Waals surface area (Å²) in [6.07, 6.45) is 3.53. The molecule has 0 amide bonds. The van der Waals surface area contributed by atoms with Crippen LogP contribution in [-0.2, 0) is 11.3 Å². The lowest BCUT2D eigenvalue weighted by Crippen LogP contribution is -2.40. The number of benzene rings is 1. The van der Waals surface area contributed by atoms with Crippen LogP contribution in [0.1, 0.15) is 37.3 Å². The number of hydrogen-bond donors (Lipinski definition) is 1. The maximum Gasteiger partial charge on any atom is 0.193 e. The van der Waals surface area contributed by atoms with Crippen molar-refractivity contribution >= 4 is 5.96 Å². The molecule has 1 heterocycles. The van der Waals surface area contributed by atoms with Gasteiger partial charge in [-0.2, -0.15) is 5.26 Å². The predicted octanol–water partition coefficient (Wildman–Crippen LogP) is 2.77. The Morgan fingerprint density at radius 2 is 2.04 bits per heavy atom. The van der Waals surface area contributed by atoms with Gasteiger partial charge in [-0.1, -0.05) is 12.1 Å². The standard InChI is InChI=1S/C19H28N4O/c1-3-21-19(22-15-18-6-4-17(14-20)5-7-18)23(2)11-8-16-9-12-24-13-10-16/h4-7,16H,3,8-13,15H2,1-2H3,(H,21,22). The van der Waals surface area contributed by atoms with Crippen molar-refractivity contribution in [2.75, 3.05) is 33.4 Å². The normalized spacial score (nSPS) is 15.8. The van der Waals surface area contributed by atoms with Crippen molar-refractivity contribution in [1.29, 1.82) is 5.26 Å². The zero-order valence-electron chi connectivity index (χ0n) is 14.8. The van der Waals surface area contributed by atoms with Crippen LogP contribution in [0.4, 0.5) is 0 Å². The van der Waals surface area contributed by atoms with Crippen molar-refractivity contribution in [3.63, 3.8) is 0 Å². The Bertz CT molecular complexity index is 556. The molecular formula is C19H28N4O. The van der Waals surface area contributed by atoms with Gasteiger partial charge in [0, 0.05) is 33.4 Å². The zero-order chi connectivity index (χ0) is 17.2. The van der Waals surface area contributed by atoms with Gasteiger partial charge in [0.15, 0.2) is 5.96 Å². The van der Waals surface area contributed by atoms with Gasteiger partial charge < -0.3 is 15.0 Å². The van der Waals surface area contributed by atoms with Gasteiger partial charge in [0.1, 0.15) is 0 Å². The third-order valence-corrected chi connectivity index (χ3v) is 4.40. The minimum atomic E-state index is 0.621. The largest absolute Gasteiger partial charge is 0.381 e. The molecule has 24 heavy (non-hydrogen) atoms. The molecule has 1 aliphatic rings. The Balaban J connectivity index is 1.89. The lowest BCUT2D eigenvalue weighted by molar-refractivity contribution is 0.0625. The molecule has 0 aromatic heterocycles. The first-order valence-electron chi connectivity index (χ1n) is 8.79. The van der Waals surface area contributed by atoms with Gasteiger partial charge in [0.2, 0.25) is 0 Å². The van der Waals surface area contributed by atoms with Crippen molar-refractivity contribution < 1.29 is 4.74 Å². The first-order chi connectivity index (χ1) is 11.7. The summed E-state index contributed by atoms with van der Waals surface area (Å²) in [6.45, 7) is 6.37. The van der Waals surface area contributed by atoms with E-state index in [2.05, 4.69) is 30.3 Å². The smallest absolute Gasteiger partial charge is 0.193 e. The summed E-state index contributed by atoms with van der Waals surface area (Å²) < 4.78 is 5.43. The highest BCUT2D eigenvalue weighted by Crippen LogP contribution is 2.18. The summed E-state index contributed by atoms with van der Waals surface area (Å²) in [7, 11) is 2.10. The number of aliphatic imine (C=N–C) groups is 1. The Morgan fingerprint density at radius 3 is 2.67 bits per heavy atom. The molecule has 1 saturated heterocycles. The summed E-state index contributed by atoms with van der Waals surface area (Å²) in [5.74, 6) is 1.71. The second-order valence-corrected chi connectivity index (χ2v) is 6.24. The van der Waals surface area contributed by atoms with E-state index in [4.69, 9.17) is 15.0 Å². The summed E-state index contributed by atoms with van der Waals surface area (Å²) in [6, 6.07) is 9.75. The van der Waals surface area contributed by atoms with Crippen LogP contribution in [-0.4, -0.2) is 44.2 Å². The van der Waals surface area contributed by atoms with Gasteiger partial charge >= 0.3 is 0 Å². The number of nitriles is 1. The number of rotatable bonds is 6. The first kappa shape index (κ1) is 18.3. The number of hydrogen-bond acceptors (Lipinski definition) is 3. The molecule has 1 aromatic rings. The lowest BCUT2D eigenvalue weighted by Gasteiger charge is -2.26. The first-order valence-corrected chi connectivity index (χ1v) is 8.79. The van der Waals surface area contributed by atoms with Crippen molar-refractivity contribution in [1.82, 2.24) is 10.2 Å². The molecule has 1 aliphatic heterocycles. The molecule has 1 fully saturated rings. The second-order valence-electron chi connectivity index (χ2n) is 6.24. The molecule has 0 aliphatic carbocycles. The van der Waals surface area contributed by atoms with E-state index in [9.17, 15) is 0 Å². The molecular weight excluding hydrogens is 300 g/mol. The third kappa shape index (κ3) is 5.86. The average molecular weight is 328 g/mol. The van der Waals surface area contributed by atoms with E-state index in [0.717, 1.165) is 43.7 Å². The van der Waals surface area contributed by atoms with E-state index in [-0.39, 0.29) is 0 Å². The van der Waals surface area contributed by atoms with Crippen LogP contribution in [0, 0.1) is 17.2 Å². The van der Waals surface area contributed by atoms with Crippen molar-refractivity contribution in [2.24, 2.45) is 10.9 Å². The fraction of sp³-hybridized carbons (Fsp3) is 0.579. The predicted molar refractivity (Wildman–Crippen MR) is 96.8 cm³/mol. The van der Waals surface area contributed by atoms with Gasteiger partial charge in [-0.05, 0) is 49.8 Å². The summed E-state index contributed by atoms with van der Waals surface area (Å²) in [5.41, 5.74) is 1.80. The molecule has 2 rings (SSSR count). The fourth-order valence-corrected chi connectivity index (χ4v) is 2.84. The highest BCUT2D eigenvalue weighted by molar-refractivity contribution is 5.79. The number of ether oxygens (including phenoxy) is 1. The fourth-order valence-electron chi connectivity index (χ4n) is 2.84. The number of guanidine groups is 1. The Kier molecular flexibility index (Phi) is 7.57. The van der Waals surface area contributed by atoms with E-state index < -0.39 is 0 Å². The van der Waals surface area contributed by atoms with Gasteiger partial charge in [0.05, 0.1) is 18.2 Å². The van der Waals surface area contributed by atoms with E-state index >= 15 is 0 Å². The molecule has 0 atom stereocenters. The van der Waals surface area contributed by atoms with Crippen molar-refractivity contribution in [3.8, 4) is 6.07 Å². The van der Waals surface area contributed by atoms with Gasteiger partial charge in [-0.15, -0.1) is 0 Å². The molecule has 0 unspecified atom stereocenters. The molecule has 1 aromatic carbocycles. The van der Waals surface area contributed by atoms with Crippen LogP contribution < -0.4 is 5.32 Å². The molecule has 130 valence electrons. The molecule has 0 bridgehead atoms. The molecule has 0 spiro atoms. The molecule has 0 radical (unpaired) electrons. The topological polar surface area (TPSA) is 60.7 Å². The monoisotopic (exact) mass is 328 g/mol. The average Bonchev–Trinajstić information content (AvgIpc) is 2.64. The zero-order valence-corrected chi connectivity index (χ0v) is 14.8. The van der Waals surface area contributed by atoms with Crippen molar-refractivity contribution in [3.05, 3.63) is 35.4 Å². The number of nitrogens with one attached hydrogen (secondary N) is 1. The Morgan fingerprint density at radius 1 is 1.33 bits per heavy atom. The number of nitrogens with zero attached hydrogens (tertiary/aromatic N) is 3. The quantitative estimate of drug-likeness (QED) is 0.644. The van der Waals surface area contributed by atoms with Crippen LogP contribution in [0.2, 0.25) is 0 Å². The minimum absolute atomic E-state index is 0.621. The second kappa shape index (κ2) is 9.94. The summed E-state index contributed by atoms with van der Waals surface area (Å²) in [4.78, 5) is 6.94. The van der Waals surface area contributed by atoms with Gasteiger partial charge in [-0.25, -0.2) is 4.99 Å². The molecule has 5 heteroatoms. The van der Waals surface area contributed by atoms with Crippen LogP contribution in [0.5, 0.6) is 0 Å². The molecule has 0 saturated carbocycles. The molecule has 1 N–H and O–H groups in total. The maximum absolute atomic E-state index is 8.85. The molecule has 5 nitrogen and oxygen atoms in total. The van der Waals surface area contributed by atoms with E-state index in [1.165, 1.54) is 19.3 Å². The summed E-state index contributed by atoms with van der Waals surface area (Å²) in [5, 5.41) is 12.2. The van der Waals surface area contributed by atoms with Crippen LogP contribution in [0.25, 0.3) is 0 Å².